The highest BCUT2D eigenvalue weighted by atomic mass is 16.4. The number of oxime groups is 1. The number of aromatic nitrogens is 1. The maximum Gasteiger partial charge on any atom is 0.0751 e. The van der Waals surface area contributed by atoms with E-state index < -0.39 is 0 Å². The molecule has 1 heterocycles. The minimum atomic E-state index is 0.931. The van der Waals surface area contributed by atoms with E-state index in [-0.39, 0.29) is 0 Å². The zero-order valence-electron chi connectivity index (χ0n) is 6.05. The molecule has 0 aliphatic heterocycles. The van der Waals surface area contributed by atoms with Gasteiger partial charge in [0.15, 0.2) is 0 Å². The molecule has 3 nitrogen and oxygen atoms in total. The van der Waals surface area contributed by atoms with Crippen molar-refractivity contribution in [1.82, 2.24) is 4.98 Å². The molecule has 0 amide bonds. The van der Waals surface area contributed by atoms with E-state index in [2.05, 4.69) is 10.1 Å². The molecular weight excluding hydrogens is 128 g/mol. The Morgan fingerprint density at radius 3 is 2.70 bits per heavy atom. The van der Waals surface area contributed by atoms with Crippen LogP contribution in [0, 0.1) is 13.8 Å². The summed E-state index contributed by atoms with van der Waals surface area (Å²) < 4.78 is 0. The van der Waals surface area contributed by atoms with E-state index in [9.17, 15) is 0 Å². The monoisotopic (exact) mass is 138 g/mol. The molecule has 0 saturated carbocycles. The molecule has 54 valence electrons. The van der Waals surface area contributed by atoms with Gasteiger partial charge in [0.05, 0.1) is 6.21 Å². The van der Waals surface area contributed by atoms with Gasteiger partial charge in [0.2, 0.25) is 0 Å². The number of hydrogen-bond donors (Lipinski definition) is 2. The molecule has 2 N–H and O–H groups in total. The smallest absolute Gasteiger partial charge is 0.0751 e. The molecule has 1 aromatic heterocycles. The molecule has 0 atom stereocenters. The number of H-pyrrole nitrogens is 1. The van der Waals surface area contributed by atoms with Crippen molar-refractivity contribution in [2.75, 3.05) is 0 Å². The predicted octanol–water partition coefficient (Wildman–Crippen LogP) is 1.44. The lowest BCUT2D eigenvalue weighted by atomic mass is 10.3. The van der Waals surface area contributed by atoms with Gasteiger partial charge in [0, 0.05) is 17.0 Å². The van der Waals surface area contributed by atoms with Crippen molar-refractivity contribution < 1.29 is 5.21 Å². The van der Waals surface area contributed by atoms with Gasteiger partial charge in [0.25, 0.3) is 0 Å². The third-order valence-corrected chi connectivity index (χ3v) is 1.39. The van der Waals surface area contributed by atoms with Crippen molar-refractivity contribution in [2.45, 2.75) is 13.8 Å². The molecule has 0 bridgehead atoms. The number of rotatable bonds is 1. The predicted molar refractivity (Wildman–Crippen MR) is 39.6 cm³/mol. The number of aromatic amines is 1. The fourth-order valence-corrected chi connectivity index (χ4v) is 0.942. The summed E-state index contributed by atoms with van der Waals surface area (Å²) in [5, 5.41) is 11.1. The Kier molecular flexibility index (Phi) is 1.76. The fourth-order valence-electron chi connectivity index (χ4n) is 0.942. The highest BCUT2D eigenvalue weighted by Gasteiger charge is 1.96. The van der Waals surface area contributed by atoms with Gasteiger partial charge in [-0.15, -0.1) is 0 Å². The van der Waals surface area contributed by atoms with E-state index in [0.29, 0.717) is 0 Å². The minimum absolute atomic E-state index is 0.931. The molecule has 1 aromatic rings. The molecule has 0 unspecified atom stereocenters. The van der Waals surface area contributed by atoms with Crippen LogP contribution in [0.15, 0.2) is 11.2 Å². The van der Waals surface area contributed by atoms with Crippen molar-refractivity contribution >= 4 is 6.21 Å². The number of hydrogen-bond acceptors (Lipinski definition) is 2. The van der Waals surface area contributed by atoms with Crippen LogP contribution in [0.5, 0.6) is 0 Å². The molecular formula is C7H10N2O. The minimum Gasteiger partial charge on any atom is -0.411 e. The Hall–Kier alpha value is -1.25. The van der Waals surface area contributed by atoms with E-state index in [4.69, 9.17) is 5.21 Å². The highest BCUT2D eigenvalue weighted by Crippen LogP contribution is 2.05. The summed E-state index contributed by atoms with van der Waals surface area (Å²) in [7, 11) is 0. The molecule has 0 aliphatic rings. The van der Waals surface area contributed by atoms with Gasteiger partial charge < -0.3 is 10.2 Å². The second-order valence-electron chi connectivity index (χ2n) is 2.28. The largest absolute Gasteiger partial charge is 0.411 e. The summed E-state index contributed by atoms with van der Waals surface area (Å²) in [5.41, 5.74) is 3.03. The van der Waals surface area contributed by atoms with Gasteiger partial charge in [-0.1, -0.05) is 5.16 Å². The van der Waals surface area contributed by atoms with E-state index in [1.54, 1.807) is 0 Å². The number of nitrogens with zero attached hydrogens (tertiary/aromatic N) is 1. The summed E-state index contributed by atoms with van der Waals surface area (Å²) >= 11 is 0. The van der Waals surface area contributed by atoms with Crippen LogP contribution in [-0.2, 0) is 0 Å². The van der Waals surface area contributed by atoms with E-state index in [1.807, 2.05) is 19.9 Å². The van der Waals surface area contributed by atoms with Gasteiger partial charge in [0.1, 0.15) is 0 Å². The number of nitrogens with one attached hydrogen (secondary N) is 1. The van der Waals surface area contributed by atoms with Crippen LogP contribution in [-0.4, -0.2) is 16.4 Å². The van der Waals surface area contributed by atoms with Crippen LogP contribution in [0.1, 0.15) is 17.0 Å². The van der Waals surface area contributed by atoms with Gasteiger partial charge in [-0.2, -0.15) is 0 Å². The maximum atomic E-state index is 8.21. The molecule has 0 aromatic carbocycles. The van der Waals surface area contributed by atoms with Crippen LogP contribution >= 0.6 is 0 Å². The Labute approximate surface area is 59.4 Å². The lowest BCUT2D eigenvalue weighted by molar-refractivity contribution is 0.322. The highest BCUT2D eigenvalue weighted by molar-refractivity contribution is 5.80. The Bertz CT molecular complexity index is 250. The second kappa shape index (κ2) is 2.56. The standard InChI is InChI=1S/C7H10N2O/c1-5-3-7(4-8-10)6(2)9-5/h3-4,9-10H,1-2H3/b8-4+. The van der Waals surface area contributed by atoms with Crippen molar-refractivity contribution in [3.63, 3.8) is 0 Å². The van der Waals surface area contributed by atoms with E-state index in [0.717, 1.165) is 17.0 Å². The van der Waals surface area contributed by atoms with Gasteiger partial charge in [-0.3, -0.25) is 0 Å². The molecule has 0 spiro atoms. The Balaban J connectivity index is 3.03. The second-order valence-corrected chi connectivity index (χ2v) is 2.28. The lowest BCUT2D eigenvalue weighted by Gasteiger charge is -1.84. The summed E-state index contributed by atoms with van der Waals surface area (Å²) in [6.07, 6.45) is 1.42. The van der Waals surface area contributed by atoms with Crippen molar-refractivity contribution in [3.05, 3.63) is 23.0 Å². The van der Waals surface area contributed by atoms with E-state index in [1.165, 1.54) is 6.21 Å². The fraction of sp³-hybridized carbons (Fsp3) is 0.286. The van der Waals surface area contributed by atoms with Crippen LogP contribution < -0.4 is 0 Å². The first-order valence-electron chi connectivity index (χ1n) is 3.07. The van der Waals surface area contributed by atoms with Crippen LogP contribution in [0.25, 0.3) is 0 Å². The van der Waals surface area contributed by atoms with Crippen LogP contribution in [0.4, 0.5) is 0 Å². The van der Waals surface area contributed by atoms with Crippen molar-refractivity contribution in [2.24, 2.45) is 5.16 Å². The lowest BCUT2D eigenvalue weighted by Crippen LogP contribution is -1.79. The molecule has 3 heteroatoms. The van der Waals surface area contributed by atoms with Crippen LogP contribution in [0.3, 0.4) is 0 Å². The molecule has 1 rings (SSSR count). The Morgan fingerprint density at radius 1 is 1.60 bits per heavy atom. The average Bonchev–Trinajstić information content (AvgIpc) is 2.13. The maximum absolute atomic E-state index is 8.21. The summed E-state index contributed by atoms with van der Waals surface area (Å²) in [6, 6.07) is 1.93. The first kappa shape index (κ1) is 6.86. The first-order chi connectivity index (χ1) is 4.74. The summed E-state index contributed by atoms with van der Waals surface area (Å²) in [5.74, 6) is 0. The Morgan fingerprint density at radius 2 is 2.30 bits per heavy atom. The van der Waals surface area contributed by atoms with Gasteiger partial charge >= 0.3 is 0 Å². The molecule has 0 radical (unpaired) electrons. The normalized spacial score (nSPS) is 11.0. The first-order valence-corrected chi connectivity index (χ1v) is 3.07. The molecule has 10 heavy (non-hydrogen) atoms. The summed E-state index contributed by atoms with van der Waals surface area (Å²) in [6.45, 7) is 3.89. The quantitative estimate of drug-likeness (QED) is 0.344. The van der Waals surface area contributed by atoms with Crippen molar-refractivity contribution in [3.8, 4) is 0 Å². The molecule has 0 fully saturated rings. The third-order valence-electron chi connectivity index (χ3n) is 1.39. The van der Waals surface area contributed by atoms with Crippen molar-refractivity contribution in [1.29, 1.82) is 0 Å². The van der Waals surface area contributed by atoms with Crippen LogP contribution in [0.2, 0.25) is 0 Å². The third kappa shape index (κ3) is 1.18. The van der Waals surface area contributed by atoms with Gasteiger partial charge in [-0.05, 0) is 19.9 Å². The van der Waals surface area contributed by atoms with Gasteiger partial charge in [-0.25, -0.2) is 0 Å². The number of aryl methyl sites for hydroxylation is 2. The topological polar surface area (TPSA) is 48.4 Å². The van der Waals surface area contributed by atoms with E-state index >= 15 is 0 Å². The average molecular weight is 138 g/mol. The SMILES string of the molecule is Cc1cc(/C=N/O)c(C)[nH]1. The summed E-state index contributed by atoms with van der Waals surface area (Å²) in [4.78, 5) is 3.09. The zero-order chi connectivity index (χ0) is 7.56. The molecule has 0 saturated heterocycles. The zero-order valence-corrected chi connectivity index (χ0v) is 6.05. The molecule has 0 aliphatic carbocycles.